The van der Waals surface area contributed by atoms with Crippen LogP contribution in [0.5, 0.6) is 11.5 Å². The van der Waals surface area contributed by atoms with Crippen LogP contribution in [0.3, 0.4) is 0 Å². The molecule has 1 heterocycles. The Labute approximate surface area is 181 Å². The summed E-state index contributed by atoms with van der Waals surface area (Å²) in [7, 11) is 0. The number of aryl methyl sites for hydroxylation is 1. The quantitative estimate of drug-likeness (QED) is 0.551. The Bertz CT molecular complexity index is 917. The van der Waals surface area contributed by atoms with Crippen molar-refractivity contribution in [3.05, 3.63) is 23.3 Å². The fourth-order valence-corrected chi connectivity index (χ4v) is 8.92. The van der Waals surface area contributed by atoms with Gasteiger partial charge in [-0.25, -0.2) is 0 Å². The van der Waals surface area contributed by atoms with E-state index >= 15 is 0 Å². The van der Waals surface area contributed by atoms with E-state index in [1.807, 2.05) is 19.1 Å². The molecular formula is C27H38O3. The van der Waals surface area contributed by atoms with Crippen LogP contribution in [-0.4, -0.2) is 16.5 Å². The Morgan fingerprint density at radius 3 is 2.33 bits per heavy atom. The van der Waals surface area contributed by atoms with E-state index in [1.165, 1.54) is 18.4 Å². The van der Waals surface area contributed by atoms with Gasteiger partial charge in [0.2, 0.25) is 0 Å². The Morgan fingerprint density at radius 2 is 1.60 bits per heavy atom. The van der Waals surface area contributed by atoms with Crippen molar-refractivity contribution < 1.29 is 14.6 Å². The van der Waals surface area contributed by atoms with Gasteiger partial charge in [0, 0.05) is 17.8 Å². The maximum atomic E-state index is 12.8. The van der Waals surface area contributed by atoms with Crippen LogP contribution in [-0.2, 0) is 11.2 Å². The minimum Gasteiger partial charge on any atom is -0.508 e. The number of benzene rings is 1. The number of Topliss-reactive ketones (excluding diaryl/α,β-unsaturated/α-hetero) is 1. The van der Waals surface area contributed by atoms with Crippen LogP contribution in [0.2, 0.25) is 0 Å². The summed E-state index contributed by atoms with van der Waals surface area (Å²) >= 11 is 0. The Morgan fingerprint density at radius 1 is 0.933 bits per heavy atom. The first-order valence-electron chi connectivity index (χ1n) is 12.0. The molecule has 0 spiro atoms. The molecule has 3 saturated carbocycles. The highest BCUT2D eigenvalue weighted by molar-refractivity contribution is 5.85. The van der Waals surface area contributed by atoms with Gasteiger partial charge in [-0.3, -0.25) is 4.79 Å². The number of carbonyl (C=O) groups is 1. The summed E-state index contributed by atoms with van der Waals surface area (Å²) in [4.78, 5) is 12.8. The number of phenolic OH excluding ortho intramolecular Hbond substituents is 1. The van der Waals surface area contributed by atoms with Crippen LogP contribution in [0.15, 0.2) is 12.1 Å². The zero-order valence-electron chi connectivity index (χ0n) is 19.6. The lowest BCUT2D eigenvalue weighted by molar-refractivity contribution is -0.206. The number of aromatic hydroxyl groups is 1. The monoisotopic (exact) mass is 410 g/mol. The maximum absolute atomic E-state index is 12.8. The number of fused-ring (bicyclic) bond motifs is 6. The molecule has 4 aliphatic rings. The van der Waals surface area contributed by atoms with Crippen LogP contribution in [0.4, 0.5) is 0 Å². The fourth-order valence-electron chi connectivity index (χ4n) is 8.92. The van der Waals surface area contributed by atoms with E-state index in [9.17, 15) is 9.90 Å². The van der Waals surface area contributed by atoms with E-state index in [1.54, 1.807) is 0 Å². The molecule has 0 radical (unpaired) electrons. The SMILES string of the molecule is Cc1cc(O)cc2c1O[C@@]1(C)CC[C@@H]3[C@@]4(C)CCC(=O)C(C)(C)[C@@H]4CC[C@@]3(C)[C@@H]1C2. The van der Waals surface area contributed by atoms with E-state index in [4.69, 9.17) is 4.74 Å². The zero-order valence-corrected chi connectivity index (χ0v) is 19.6. The third kappa shape index (κ3) is 2.47. The van der Waals surface area contributed by atoms with Crippen molar-refractivity contribution in [2.45, 2.75) is 92.1 Å². The van der Waals surface area contributed by atoms with E-state index in [2.05, 4.69) is 34.6 Å². The number of rotatable bonds is 0. The van der Waals surface area contributed by atoms with Crippen molar-refractivity contribution >= 4 is 5.78 Å². The molecule has 6 atom stereocenters. The molecule has 1 N–H and O–H groups in total. The second-order valence-electron chi connectivity index (χ2n) is 12.3. The van der Waals surface area contributed by atoms with E-state index in [0.29, 0.717) is 29.3 Å². The van der Waals surface area contributed by atoms with Crippen LogP contribution in [0, 0.1) is 40.9 Å². The van der Waals surface area contributed by atoms with Crippen LogP contribution < -0.4 is 4.74 Å². The molecule has 1 aromatic rings. The average Bonchev–Trinajstić information content (AvgIpc) is 2.64. The Balaban J connectivity index is 1.57. The first-order valence-corrected chi connectivity index (χ1v) is 12.0. The van der Waals surface area contributed by atoms with Crippen molar-refractivity contribution in [1.29, 1.82) is 0 Å². The zero-order chi connectivity index (χ0) is 21.7. The minimum absolute atomic E-state index is 0.150. The molecule has 0 aromatic heterocycles. The molecule has 3 nitrogen and oxygen atoms in total. The van der Waals surface area contributed by atoms with Crippen LogP contribution in [0.25, 0.3) is 0 Å². The lowest BCUT2D eigenvalue weighted by Gasteiger charge is -2.68. The van der Waals surface area contributed by atoms with Crippen molar-refractivity contribution in [3.63, 3.8) is 0 Å². The molecule has 0 bridgehead atoms. The number of ether oxygens (including phenoxy) is 1. The molecule has 0 amide bonds. The summed E-state index contributed by atoms with van der Waals surface area (Å²) in [6, 6.07) is 3.74. The predicted molar refractivity (Wildman–Crippen MR) is 119 cm³/mol. The van der Waals surface area contributed by atoms with E-state index in [-0.39, 0.29) is 21.8 Å². The Hall–Kier alpha value is -1.51. The summed E-state index contributed by atoms with van der Waals surface area (Å²) in [6.45, 7) is 13.8. The van der Waals surface area contributed by atoms with Gasteiger partial charge in [0.25, 0.3) is 0 Å². The number of phenols is 1. The molecule has 3 heteroatoms. The van der Waals surface area contributed by atoms with Gasteiger partial charge in [-0.15, -0.1) is 0 Å². The molecule has 0 unspecified atom stereocenters. The highest BCUT2D eigenvalue weighted by atomic mass is 16.5. The largest absolute Gasteiger partial charge is 0.508 e. The predicted octanol–water partition coefficient (Wildman–Crippen LogP) is 6.23. The number of hydrogen-bond donors (Lipinski definition) is 1. The highest BCUT2D eigenvalue weighted by Crippen LogP contribution is 2.70. The first kappa shape index (κ1) is 20.4. The fraction of sp³-hybridized carbons (Fsp3) is 0.741. The van der Waals surface area contributed by atoms with Gasteiger partial charge < -0.3 is 9.84 Å². The summed E-state index contributed by atoms with van der Waals surface area (Å²) < 4.78 is 6.79. The molecule has 0 saturated heterocycles. The van der Waals surface area contributed by atoms with Crippen molar-refractivity contribution in [2.24, 2.45) is 34.0 Å². The molecule has 1 aromatic carbocycles. The van der Waals surface area contributed by atoms with Crippen molar-refractivity contribution in [3.8, 4) is 11.5 Å². The third-order valence-corrected chi connectivity index (χ3v) is 10.4. The van der Waals surface area contributed by atoms with Gasteiger partial charge in [-0.1, -0.05) is 27.7 Å². The van der Waals surface area contributed by atoms with Gasteiger partial charge >= 0.3 is 0 Å². The van der Waals surface area contributed by atoms with Gasteiger partial charge in [0.05, 0.1) is 0 Å². The van der Waals surface area contributed by atoms with E-state index in [0.717, 1.165) is 43.4 Å². The summed E-state index contributed by atoms with van der Waals surface area (Å²) in [5.74, 6) is 3.36. The average molecular weight is 411 g/mol. The lowest BCUT2D eigenvalue weighted by atomic mass is 9.37. The van der Waals surface area contributed by atoms with Crippen molar-refractivity contribution in [1.82, 2.24) is 0 Å². The van der Waals surface area contributed by atoms with Crippen LogP contribution >= 0.6 is 0 Å². The molecule has 3 aliphatic carbocycles. The smallest absolute Gasteiger partial charge is 0.138 e. The number of ketones is 1. The number of hydrogen-bond acceptors (Lipinski definition) is 3. The Kier molecular flexibility index (Phi) is 4.11. The number of carbonyl (C=O) groups excluding carboxylic acids is 1. The van der Waals surface area contributed by atoms with Gasteiger partial charge in [-0.05, 0) is 98.3 Å². The molecule has 30 heavy (non-hydrogen) atoms. The van der Waals surface area contributed by atoms with E-state index < -0.39 is 0 Å². The molecule has 3 fully saturated rings. The summed E-state index contributed by atoms with van der Waals surface area (Å²) in [5, 5.41) is 10.2. The van der Waals surface area contributed by atoms with Gasteiger partial charge in [-0.2, -0.15) is 0 Å². The normalized spacial score (nSPS) is 44.2. The molecular weight excluding hydrogens is 372 g/mol. The second-order valence-corrected chi connectivity index (χ2v) is 12.3. The standard InChI is InChI=1S/C27H38O3/c1-16-13-18(28)14-17-15-21-26(5)10-7-19-24(2,3)22(29)9-11-25(19,4)20(26)8-12-27(21,6)30-23(16)17/h13-14,19-21,28H,7-12,15H2,1-6H3/t19-,20+,21-,25-,26+,27-/m0/s1. The second kappa shape index (κ2) is 6.04. The minimum atomic E-state index is -0.201. The van der Waals surface area contributed by atoms with Gasteiger partial charge in [0.15, 0.2) is 0 Å². The summed E-state index contributed by atoms with van der Waals surface area (Å²) in [6.07, 6.45) is 7.34. The van der Waals surface area contributed by atoms with Gasteiger partial charge in [0.1, 0.15) is 22.9 Å². The topological polar surface area (TPSA) is 46.5 Å². The summed E-state index contributed by atoms with van der Waals surface area (Å²) in [5.41, 5.74) is 2.28. The maximum Gasteiger partial charge on any atom is 0.138 e. The third-order valence-electron chi connectivity index (χ3n) is 10.4. The molecule has 164 valence electrons. The lowest BCUT2D eigenvalue weighted by Crippen LogP contribution is -2.65. The highest BCUT2D eigenvalue weighted by Gasteiger charge is 2.66. The van der Waals surface area contributed by atoms with Crippen LogP contribution in [0.1, 0.15) is 84.3 Å². The molecule has 1 aliphatic heterocycles. The first-order chi connectivity index (χ1) is 13.9. The van der Waals surface area contributed by atoms with Crippen molar-refractivity contribution in [2.75, 3.05) is 0 Å². The molecule has 5 rings (SSSR count).